The standard InChI is InChI=1S/C22H29N3O3S/c1-28-21-6-2-4-18(14-21)7-13-25-17-20-8-11-24(12-9-22(20)29(25,26)27)16-19-5-3-10-23-15-19/h2-6,10,14-15,20,22H,7-9,11-13,16-17H2,1H3/t20-,22-/m0/s1. The molecule has 0 amide bonds. The fourth-order valence-corrected chi connectivity index (χ4v) is 6.80. The molecule has 156 valence electrons. The Morgan fingerprint density at radius 2 is 1.97 bits per heavy atom. The van der Waals surface area contributed by atoms with Crippen molar-refractivity contribution in [2.75, 3.05) is 33.3 Å². The number of likely N-dealkylation sites (tertiary alicyclic amines) is 1. The zero-order valence-corrected chi connectivity index (χ0v) is 17.7. The van der Waals surface area contributed by atoms with Crippen molar-refractivity contribution in [1.29, 1.82) is 0 Å². The Kier molecular flexibility index (Phi) is 6.18. The Hall–Kier alpha value is -1.96. The van der Waals surface area contributed by atoms with Gasteiger partial charge in [-0.3, -0.25) is 9.88 Å². The Bertz CT molecular complexity index is 920. The van der Waals surface area contributed by atoms with Crippen LogP contribution in [0.4, 0.5) is 0 Å². The molecule has 2 aromatic rings. The monoisotopic (exact) mass is 415 g/mol. The summed E-state index contributed by atoms with van der Waals surface area (Å²) in [5, 5.41) is -0.244. The number of sulfonamides is 1. The molecule has 0 radical (unpaired) electrons. The maximum absolute atomic E-state index is 13.2. The first-order valence-electron chi connectivity index (χ1n) is 10.3. The van der Waals surface area contributed by atoms with Crippen LogP contribution in [0.3, 0.4) is 0 Å². The summed E-state index contributed by atoms with van der Waals surface area (Å²) in [4.78, 5) is 6.55. The molecule has 3 heterocycles. The van der Waals surface area contributed by atoms with E-state index in [1.165, 1.54) is 5.56 Å². The van der Waals surface area contributed by atoms with E-state index in [0.717, 1.165) is 37.4 Å². The molecule has 1 aromatic carbocycles. The molecule has 6 nitrogen and oxygen atoms in total. The third-order valence-electron chi connectivity index (χ3n) is 6.17. The van der Waals surface area contributed by atoms with Gasteiger partial charge in [0, 0.05) is 32.0 Å². The molecule has 2 saturated heterocycles. The van der Waals surface area contributed by atoms with Crippen LogP contribution in [0.15, 0.2) is 48.8 Å². The largest absolute Gasteiger partial charge is 0.497 e. The average molecular weight is 416 g/mol. The number of hydrogen-bond donors (Lipinski definition) is 0. The molecule has 0 spiro atoms. The summed E-state index contributed by atoms with van der Waals surface area (Å²) in [7, 11) is -1.58. The van der Waals surface area contributed by atoms with Crippen molar-refractivity contribution in [3.8, 4) is 5.75 Å². The van der Waals surface area contributed by atoms with E-state index in [4.69, 9.17) is 4.74 Å². The van der Waals surface area contributed by atoms with E-state index < -0.39 is 10.0 Å². The van der Waals surface area contributed by atoms with Gasteiger partial charge < -0.3 is 4.74 Å². The van der Waals surface area contributed by atoms with Crippen LogP contribution in [0, 0.1) is 5.92 Å². The number of rotatable bonds is 6. The van der Waals surface area contributed by atoms with E-state index in [1.54, 1.807) is 17.6 Å². The van der Waals surface area contributed by atoms with Crippen LogP contribution in [-0.2, 0) is 23.0 Å². The van der Waals surface area contributed by atoms with Crippen molar-refractivity contribution in [1.82, 2.24) is 14.2 Å². The summed E-state index contributed by atoms with van der Waals surface area (Å²) in [6.45, 7) is 3.79. The van der Waals surface area contributed by atoms with Gasteiger partial charge in [0.2, 0.25) is 10.0 Å². The van der Waals surface area contributed by atoms with Gasteiger partial charge in [0.25, 0.3) is 0 Å². The summed E-state index contributed by atoms with van der Waals surface area (Å²) < 4.78 is 33.3. The minimum absolute atomic E-state index is 0.226. The van der Waals surface area contributed by atoms with E-state index >= 15 is 0 Å². The molecular weight excluding hydrogens is 386 g/mol. The molecule has 0 aliphatic carbocycles. The highest BCUT2D eigenvalue weighted by molar-refractivity contribution is 7.90. The lowest BCUT2D eigenvalue weighted by molar-refractivity contribution is 0.267. The van der Waals surface area contributed by atoms with Crippen LogP contribution in [0.1, 0.15) is 24.0 Å². The molecule has 2 fully saturated rings. The van der Waals surface area contributed by atoms with Gasteiger partial charge in [0.05, 0.1) is 12.4 Å². The van der Waals surface area contributed by atoms with Gasteiger partial charge in [0.1, 0.15) is 5.75 Å². The number of methoxy groups -OCH3 is 1. The van der Waals surface area contributed by atoms with Gasteiger partial charge in [-0.05, 0) is 67.6 Å². The maximum Gasteiger partial charge on any atom is 0.217 e. The van der Waals surface area contributed by atoms with Crippen LogP contribution >= 0.6 is 0 Å². The van der Waals surface area contributed by atoms with Crippen molar-refractivity contribution < 1.29 is 13.2 Å². The smallest absolute Gasteiger partial charge is 0.217 e. The highest BCUT2D eigenvalue weighted by atomic mass is 32.2. The second-order valence-corrected chi connectivity index (χ2v) is 10.2. The molecule has 2 aliphatic heterocycles. The lowest BCUT2D eigenvalue weighted by Gasteiger charge is -2.21. The minimum atomic E-state index is -3.23. The summed E-state index contributed by atoms with van der Waals surface area (Å²) in [5.74, 6) is 1.04. The van der Waals surface area contributed by atoms with Crippen LogP contribution < -0.4 is 4.74 Å². The van der Waals surface area contributed by atoms with Crippen molar-refractivity contribution in [2.24, 2.45) is 5.92 Å². The number of pyridine rings is 1. The highest BCUT2D eigenvalue weighted by Crippen LogP contribution is 2.34. The van der Waals surface area contributed by atoms with Gasteiger partial charge in [-0.1, -0.05) is 18.2 Å². The van der Waals surface area contributed by atoms with Crippen molar-refractivity contribution >= 4 is 10.0 Å². The second kappa shape index (κ2) is 8.81. The quantitative estimate of drug-likeness (QED) is 0.726. The molecule has 0 saturated carbocycles. The lowest BCUT2D eigenvalue weighted by atomic mass is 10.0. The predicted molar refractivity (Wildman–Crippen MR) is 113 cm³/mol. The average Bonchev–Trinajstić information content (AvgIpc) is 2.85. The molecule has 4 rings (SSSR count). The Morgan fingerprint density at radius 1 is 1.14 bits per heavy atom. The Balaban J connectivity index is 1.37. The molecule has 2 atom stereocenters. The third kappa shape index (κ3) is 4.63. The number of nitrogens with zero attached hydrogens (tertiary/aromatic N) is 3. The first-order chi connectivity index (χ1) is 14.1. The zero-order chi connectivity index (χ0) is 20.3. The van der Waals surface area contributed by atoms with Gasteiger partial charge in [-0.2, -0.15) is 0 Å². The third-order valence-corrected chi connectivity index (χ3v) is 8.60. The summed E-state index contributed by atoms with van der Waals surface area (Å²) in [6.07, 6.45) is 6.03. The first kappa shape index (κ1) is 20.3. The maximum atomic E-state index is 13.2. The minimum Gasteiger partial charge on any atom is -0.497 e. The van der Waals surface area contributed by atoms with Crippen molar-refractivity contribution in [3.05, 3.63) is 59.9 Å². The van der Waals surface area contributed by atoms with E-state index in [-0.39, 0.29) is 11.2 Å². The number of aromatic nitrogens is 1. The molecule has 0 N–H and O–H groups in total. The van der Waals surface area contributed by atoms with Gasteiger partial charge in [-0.25, -0.2) is 12.7 Å². The first-order valence-corrected chi connectivity index (χ1v) is 11.8. The van der Waals surface area contributed by atoms with Crippen molar-refractivity contribution in [2.45, 2.75) is 31.1 Å². The molecule has 1 aromatic heterocycles. The molecule has 29 heavy (non-hydrogen) atoms. The van der Waals surface area contributed by atoms with Gasteiger partial charge in [0.15, 0.2) is 0 Å². The van der Waals surface area contributed by atoms with E-state index in [2.05, 4.69) is 16.0 Å². The van der Waals surface area contributed by atoms with Gasteiger partial charge >= 0.3 is 0 Å². The fourth-order valence-electron chi connectivity index (χ4n) is 4.56. The van der Waals surface area contributed by atoms with E-state index in [1.807, 2.05) is 36.5 Å². The summed E-state index contributed by atoms with van der Waals surface area (Å²) >= 11 is 0. The normalized spacial score (nSPS) is 24.7. The van der Waals surface area contributed by atoms with Gasteiger partial charge in [-0.15, -0.1) is 0 Å². The Labute approximate surface area is 173 Å². The van der Waals surface area contributed by atoms with E-state index in [9.17, 15) is 8.42 Å². The van der Waals surface area contributed by atoms with Crippen LogP contribution in [0.25, 0.3) is 0 Å². The molecule has 7 heteroatoms. The highest BCUT2D eigenvalue weighted by Gasteiger charge is 2.46. The fraction of sp³-hybridized carbons (Fsp3) is 0.500. The molecule has 2 aliphatic rings. The predicted octanol–water partition coefficient (Wildman–Crippen LogP) is 2.56. The number of hydrogen-bond acceptors (Lipinski definition) is 5. The number of benzene rings is 1. The second-order valence-electron chi connectivity index (χ2n) is 8.02. The lowest BCUT2D eigenvalue weighted by Crippen LogP contribution is -2.33. The Morgan fingerprint density at radius 3 is 2.76 bits per heavy atom. The number of ether oxygens (including phenoxy) is 1. The SMILES string of the molecule is COc1cccc(CCN2C[C@@H]3CCN(Cc4cccnc4)CC[C@@H]3S2(=O)=O)c1. The summed E-state index contributed by atoms with van der Waals surface area (Å²) in [5.41, 5.74) is 2.29. The van der Waals surface area contributed by atoms with Crippen LogP contribution in [0.5, 0.6) is 5.75 Å². The topological polar surface area (TPSA) is 62.7 Å². The van der Waals surface area contributed by atoms with Crippen LogP contribution in [-0.4, -0.2) is 61.1 Å². The summed E-state index contributed by atoms with van der Waals surface area (Å²) in [6, 6.07) is 11.9. The van der Waals surface area contributed by atoms with Crippen LogP contribution in [0.2, 0.25) is 0 Å². The zero-order valence-electron chi connectivity index (χ0n) is 16.9. The molecule has 0 unspecified atom stereocenters. The van der Waals surface area contributed by atoms with E-state index in [0.29, 0.717) is 25.9 Å². The molecule has 0 bridgehead atoms. The van der Waals surface area contributed by atoms with Crippen molar-refractivity contribution in [3.63, 3.8) is 0 Å². The number of fused-ring (bicyclic) bond motifs is 1. The molecular formula is C22H29N3O3S.